The van der Waals surface area contributed by atoms with Crippen molar-refractivity contribution in [2.75, 3.05) is 30.9 Å². The zero-order valence-corrected chi connectivity index (χ0v) is 12.7. The van der Waals surface area contributed by atoms with Crippen LogP contribution in [0.3, 0.4) is 0 Å². The molecule has 5 N–H and O–H groups in total. The molecular formula is C14H19F2N5O2. The van der Waals surface area contributed by atoms with Gasteiger partial charge in [0.25, 0.3) is 0 Å². The lowest BCUT2D eigenvalue weighted by Gasteiger charge is -2.27. The molecule has 2 rings (SSSR count). The van der Waals surface area contributed by atoms with E-state index >= 15 is 0 Å². The summed E-state index contributed by atoms with van der Waals surface area (Å²) >= 11 is 0. The number of hydrogen-bond donors (Lipinski definition) is 3. The molecule has 1 atom stereocenters. The number of nitrogen functional groups attached to an aromatic ring is 1. The number of nitrogens with two attached hydrogens (primary N) is 2. The van der Waals surface area contributed by atoms with E-state index in [0.717, 1.165) is 17.1 Å². The van der Waals surface area contributed by atoms with E-state index in [1.165, 1.54) is 11.9 Å². The van der Waals surface area contributed by atoms with Crippen LogP contribution < -0.4 is 21.9 Å². The van der Waals surface area contributed by atoms with Crippen molar-refractivity contribution in [2.45, 2.75) is 18.9 Å². The van der Waals surface area contributed by atoms with Gasteiger partial charge in [0.05, 0.1) is 11.4 Å². The van der Waals surface area contributed by atoms with E-state index in [1.807, 2.05) is 0 Å². The lowest BCUT2D eigenvalue weighted by Crippen LogP contribution is -2.49. The Labute approximate surface area is 132 Å². The Bertz CT molecular complexity index is 625. The molecule has 0 spiro atoms. The second-order valence-corrected chi connectivity index (χ2v) is 5.31. The third-order valence-corrected chi connectivity index (χ3v) is 3.81. The Morgan fingerprint density at radius 1 is 1.39 bits per heavy atom. The Kier molecular flexibility index (Phi) is 4.99. The smallest absolute Gasteiger partial charge is 0.244 e. The van der Waals surface area contributed by atoms with E-state index < -0.39 is 17.7 Å². The van der Waals surface area contributed by atoms with Crippen LogP contribution in [0, 0.1) is 11.6 Å². The molecule has 0 saturated carbocycles. The van der Waals surface area contributed by atoms with Gasteiger partial charge >= 0.3 is 0 Å². The van der Waals surface area contributed by atoms with Crippen LogP contribution in [-0.4, -0.2) is 42.9 Å². The Morgan fingerprint density at radius 3 is 2.70 bits per heavy atom. The second kappa shape index (κ2) is 6.78. The molecule has 1 aliphatic rings. The number of carbonyl (C=O) groups excluding carboxylic acids is 2. The van der Waals surface area contributed by atoms with Gasteiger partial charge in [0, 0.05) is 25.7 Å². The molecule has 1 saturated heterocycles. The fourth-order valence-corrected chi connectivity index (χ4v) is 2.63. The molecule has 7 nitrogen and oxygen atoms in total. The zero-order valence-electron chi connectivity index (χ0n) is 12.7. The van der Waals surface area contributed by atoms with E-state index in [-0.39, 0.29) is 29.7 Å². The van der Waals surface area contributed by atoms with Crippen molar-refractivity contribution < 1.29 is 18.4 Å². The van der Waals surface area contributed by atoms with Crippen molar-refractivity contribution >= 4 is 23.2 Å². The summed E-state index contributed by atoms with van der Waals surface area (Å²) < 4.78 is 26.4. The van der Waals surface area contributed by atoms with Gasteiger partial charge < -0.3 is 16.0 Å². The standard InChI is InChI=1S/C14H19F2N5O2/c1-19-14(23)11-3-2-4-20(11)13(22)7-21(18)12-6-9(16)8(15)5-10(12)17/h5-6,11H,2-4,7,17-18H2,1H3,(H,19,23). The summed E-state index contributed by atoms with van der Waals surface area (Å²) in [6, 6.07) is 1.10. The van der Waals surface area contributed by atoms with Crippen molar-refractivity contribution in [3.05, 3.63) is 23.8 Å². The molecule has 1 fully saturated rings. The van der Waals surface area contributed by atoms with Gasteiger partial charge in [0.2, 0.25) is 11.8 Å². The third-order valence-electron chi connectivity index (χ3n) is 3.81. The van der Waals surface area contributed by atoms with Gasteiger partial charge in [-0.05, 0) is 12.8 Å². The number of amides is 2. The first kappa shape index (κ1) is 16.9. The summed E-state index contributed by atoms with van der Waals surface area (Å²) in [5, 5.41) is 3.45. The van der Waals surface area contributed by atoms with E-state index in [1.54, 1.807) is 0 Å². The first-order valence-corrected chi connectivity index (χ1v) is 7.13. The Morgan fingerprint density at radius 2 is 2.04 bits per heavy atom. The highest BCUT2D eigenvalue weighted by Gasteiger charge is 2.34. The summed E-state index contributed by atoms with van der Waals surface area (Å²) in [6.07, 6.45) is 1.28. The molecular weight excluding hydrogens is 308 g/mol. The van der Waals surface area contributed by atoms with Gasteiger partial charge in [-0.1, -0.05) is 0 Å². The second-order valence-electron chi connectivity index (χ2n) is 5.31. The fourth-order valence-electron chi connectivity index (χ4n) is 2.63. The summed E-state index contributed by atoms with van der Waals surface area (Å²) in [7, 11) is 1.50. The number of benzene rings is 1. The first-order chi connectivity index (χ1) is 10.8. The van der Waals surface area contributed by atoms with Crippen LogP contribution in [0.4, 0.5) is 20.2 Å². The lowest BCUT2D eigenvalue weighted by atomic mass is 10.2. The molecule has 1 heterocycles. The van der Waals surface area contributed by atoms with Crippen LogP contribution in [0.15, 0.2) is 12.1 Å². The maximum absolute atomic E-state index is 13.3. The first-order valence-electron chi connectivity index (χ1n) is 7.13. The van der Waals surface area contributed by atoms with Crippen molar-refractivity contribution in [2.24, 2.45) is 5.84 Å². The summed E-state index contributed by atoms with van der Waals surface area (Å²) in [5.41, 5.74) is 5.53. The number of likely N-dealkylation sites (N-methyl/N-ethyl adjacent to an activating group) is 1. The normalized spacial score (nSPS) is 17.2. The molecule has 9 heteroatoms. The molecule has 1 aliphatic heterocycles. The van der Waals surface area contributed by atoms with E-state index in [2.05, 4.69) is 5.32 Å². The number of rotatable bonds is 4. The number of halogens is 2. The summed E-state index contributed by atoms with van der Waals surface area (Å²) in [5.74, 6) is 2.92. The topological polar surface area (TPSA) is 105 Å². The molecule has 1 unspecified atom stereocenters. The zero-order chi connectivity index (χ0) is 17.1. The number of hydrogen-bond acceptors (Lipinski definition) is 5. The van der Waals surface area contributed by atoms with Gasteiger partial charge in [-0.3, -0.25) is 14.6 Å². The number of anilines is 2. The monoisotopic (exact) mass is 327 g/mol. The molecule has 0 bridgehead atoms. The van der Waals surface area contributed by atoms with Gasteiger partial charge in [0.15, 0.2) is 11.6 Å². The molecule has 0 aromatic heterocycles. The number of likely N-dealkylation sites (tertiary alicyclic amines) is 1. The van der Waals surface area contributed by atoms with Gasteiger partial charge in [-0.25, -0.2) is 14.6 Å². The molecule has 23 heavy (non-hydrogen) atoms. The van der Waals surface area contributed by atoms with Crippen molar-refractivity contribution in [3.63, 3.8) is 0 Å². The van der Waals surface area contributed by atoms with Crippen molar-refractivity contribution in [1.82, 2.24) is 10.2 Å². The predicted octanol–water partition coefficient (Wildman–Crippen LogP) is -0.0359. The maximum Gasteiger partial charge on any atom is 0.244 e. The summed E-state index contributed by atoms with van der Waals surface area (Å²) in [6.45, 7) is 0.140. The lowest BCUT2D eigenvalue weighted by molar-refractivity contribution is -0.137. The van der Waals surface area contributed by atoms with Crippen LogP contribution in [-0.2, 0) is 9.59 Å². The predicted molar refractivity (Wildman–Crippen MR) is 81.1 cm³/mol. The fraction of sp³-hybridized carbons (Fsp3) is 0.429. The minimum Gasteiger partial charge on any atom is -0.397 e. The number of nitrogens with zero attached hydrogens (tertiary/aromatic N) is 2. The Balaban J connectivity index is 2.11. The number of nitrogens with one attached hydrogen (secondary N) is 1. The van der Waals surface area contributed by atoms with E-state index in [4.69, 9.17) is 11.6 Å². The minimum absolute atomic E-state index is 0.00735. The Hall–Kier alpha value is -2.42. The number of hydrazine groups is 1. The highest BCUT2D eigenvalue weighted by molar-refractivity contribution is 5.90. The minimum atomic E-state index is -1.11. The van der Waals surface area contributed by atoms with E-state index in [9.17, 15) is 18.4 Å². The highest BCUT2D eigenvalue weighted by Crippen LogP contribution is 2.25. The quantitative estimate of drug-likeness (QED) is 0.409. The van der Waals surface area contributed by atoms with Crippen LogP contribution >= 0.6 is 0 Å². The highest BCUT2D eigenvalue weighted by atomic mass is 19.2. The molecule has 0 aliphatic carbocycles. The van der Waals surface area contributed by atoms with Gasteiger partial charge in [0.1, 0.15) is 12.6 Å². The SMILES string of the molecule is CNC(=O)C1CCCN1C(=O)CN(N)c1cc(F)c(F)cc1N. The van der Waals surface area contributed by atoms with Crippen LogP contribution in [0.5, 0.6) is 0 Å². The number of carbonyl (C=O) groups is 2. The van der Waals surface area contributed by atoms with Crippen LogP contribution in [0.1, 0.15) is 12.8 Å². The van der Waals surface area contributed by atoms with Crippen molar-refractivity contribution in [1.29, 1.82) is 0 Å². The van der Waals surface area contributed by atoms with E-state index in [0.29, 0.717) is 19.4 Å². The average molecular weight is 327 g/mol. The average Bonchev–Trinajstić information content (AvgIpc) is 2.99. The maximum atomic E-state index is 13.3. The van der Waals surface area contributed by atoms with Crippen LogP contribution in [0.25, 0.3) is 0 Å². The van der Waals surface area contributed by atoms with Gasteiger partial charge in [-0.15, -0.1) is 0 Å². The molecule has 1 aromatic rings. The molecule has 2 amide bonds. The molecule has 1 aromatic carbocycles. The molecule has 0 radical (unpaired) electrons. The van der Waals surface area contributed by atoms with Crippen LogP contribution in [0.2, 0.25) is 0 Å². The van der Waals surface area contributed by atoms with Crippen molar-refractivity contribution in [3.8, 4) is 0 Å². The summed E-state index contributed by atoms with van der Waals surface area (Å²) in [4.78, 5) is 25.5. The van der Waals surface area contributed by atoms with Gasteiger partial charge in [-0.2, -0.15) is 0 Å². The molecule has 126 valence electrons. The third kappa shape index (κ3) is 3.50. The largest absolute Gasteiger partial charge is 0.397 e.